The van der Waals surface area contributed by atoms with E-state index in [2.05, 4.69) is 56.6 Å². The summed E-state index contributed by atoms with van der Waals surface area (Å²) < 4.78 is 0. The third-order valence-corrected chi connectivity index (χ3v) is 3.28. The van der Waals surface area contributed by atoms with Gasteiger partial charge in [-0.3, -0.25) is 0 Å². The molecule has 1 unspecified atom stereocenters. The van der Waals surface area contributed by atoms with Crippen molar-refractivity contribution < 1.29 is 0 Å². The molecule has 0 heterocycles. The Kier molecular flexibility index (Phi) is 6.45. The maximum Gasteiger partial charge on any atom is 0.0214 e. The van der Waals surface area contributed by atoms with Gasteiger partial charge in [0, 0.05) is 13.1 Å². The Hall–Kier alpha value is -1.34. The summed E-state index contributed by atoms with van der Waals surface area (Å²) in [6.07, 6.45) is 4.29. The maximum atomic E-state index is 4.28. The summed E-state index contributed by atoms with van der Waals surface area (Å²) in [5, 5.41) is 3.36. The van der Waals surface area contributed by atoms with Crippen LogP contribution >= 0.6 is 0 Å². The molecule has 0 amide bonds. The Morgan fingerprint density at radius 2 is 2.11 bits per heavy atom. The molecule has 98 valence electrons. The van der Waals surface area contributed by atoms with Crippen molar-refractivity contribution in [2.75, 3.05) is 6.54 Å². The minimum Gasteiger partial charge on any atom is -0.309 e. The minimum atomic E-state index is 0.551. The number of nitrogens with one attached hydrogen (secondary N) is 1. The lowest BCUT2D eigenvalue weighted by Crippen LogP contribution is -2.14. The SMILES string of the molecule is C=CCNCc1ccccc1C(=C)C(C)CCC. The molecule has 1 rings (SSSR count). The molecule has 0 aliphatic rings. The predicted molar refractivity (Wildman–Crippen MR) is 81.5 cm³/mol. The molecule has 0 saturated carbocycles. The Morgan fingerprint density at radius 3 is 2.78 bits per heavy atom. The van der Waals surface area contributed by atoms with Crippen LogP contribution in [0.25, 0.3) is 5.57 Å². The lowest BCUT2D eigenvalue weighted by atomic mass is 9.89. The summed E-state index contributed by atoms with van der Waals surface area (Å²) in [5.74, 6) is 0.551. The predicted octanol–water partition coefficient (Wildman–Crippen LogP) is 4.41. The van der Waals surface area contributed by atoms with E-state index < -0.39 is 0 Å². The van der Waals surface area contributed by atoms with Crippen molar-refractivity contribution >= 4 is 5.57 Å². The third kappa shape index (κ3) is 4.15. The molecular formula is C17H25N. The van der Waals surface area contributed by atoms with Gasteiger partial charge in [0.15, 0.2) is 0 Å². The number of rotatable bonds is 8. The van der Waals surface area contributed by atoms with E-state index in [1.54, 1.807) is 0 Å². The van der Waals surface area contributed by atoms with Crippen LogP contribution in [-0.2, 0) is 6.54 Å². The van der Waals surface area contributed by atoms with Crippen LogP contribution in [0.2, 0.25) is 0 Å². The van der Waals surface area contributed by atoms with Gasteiger partial charge in [-0.25, -0.2) is 0 Å². The Bertz CT molecular complexity index is 392. The highest BCUT2D eigenvalue weighted by molar-refractivity contribution is 5.67. The Labute approximate surface area is 112 Å². The van der Waals surface area contributed by atoms with Gasteiger partial charge in [0.2, 0.25) is 0 Å². The highest BCUT2D eigenvalue weighted by atomic mass is 14.8. The molecule has 1 atom stereocenters. The average Bonchev–Trinajstić information content (AvgIpc) is 2.39. The Morgan fingerprint density at radius 1 is 1.39 bits per heavy atom. The highest BCUT2D eigenvalue weighted by Gasteiger charge is 2.11. The van der Waals surface area contributed by atoms with Crippen LogP contribution in [0.4, 0.5) is 0 Å². The van der Waals surface area contributed by atoms with E-state index in [4.69, 9.17) is 0 Å². The summed E-state index contributed by atoms with van der Waals surface area (Å²) in [5.41, 5.74) is 3.88. The molecule has 1 aromatic rings. The monoisotopic (exact) mass is 243 g/mol. The van der Waals surface area contributed by atoms with Crippen molar-refractivity contribution in [2.24, 2.45) is 5.92 Å². The van der Waals surface area contributed by atoms with Gasteiger partial charge < -0.3 is 5.32 Å². The van der Waals surface area contributed by atoms with E-state index in [9.17, 15) is 0 Å². The highest BCUT2D eigenvalue weighted by Crippen LogP contribution is 2.27. The molecule has 0 bridgehead atoms. The largest absolute Gasteiger partial charge is 0.309 e. The molecule has 1 N–H and O–H groups in total. The molecular weight excluding hydrogens is 218 g/mol. The first-order chi connectivity index (χ1) is 8.70. The van der Waals surface area contributed by atoms with Gasteiger partial charge in [0.05, 0.1) is 0 Å². The molecule has 0 aliphatic carbocycles. The van der Waals surface area contributed by atoms with Crippen molar-refractivity contribution in [1.29, 1.82) is 0 Å². The quantitative estimate of drug-likeness (QED) is 0.526. The fourth-order valence-corrected chi connectivity index (χ4v) is 2.17. The van der Waals surface area contributed by atoms with E-state index in [0.717, 1.165) is 13.1 Å². The molecule has 1 nitrogen and oxygen atoms in total. The standard InChI is InChI=1S/C17H25N/c1-5-9-14(3)15(4)17-11-8-7-10-16(17)13-18-12-6-2/h6-8,10-11,14,18H,2,4-5,9,12-13H2,1,3H3. The number of hydrogen-bond donors (Lipinski definition) is 1. The fourth-order valence-electron chi connectivity index (χ4n) is 2.17. The third-order valence-electron chi connectivity index (χ3n) is 3.28. The van der Waals surface area contributed by atoms with E-state index in [-0.39, 0.29) is 0 Å². The summed E-state index contributed by atoms with van der Waals surface area (Å²) >= 11 is 0. The van der Waals surface area contributed by atoms with E-state index >= 15 is 0 Å². The topological polar surface area (TPSA) is 12.0 Å². The van der Waals surface area contributed by atoms with Crippen LogP contribution < -0.4 is 5.32 Å². The van der Waals surface area contributed by atoms with Gasteiger partial charge in [0.1, 0.15) is 0 Å². The van der Waals surface area contributed by atoms with Crippen LogP contribution in [0.15, 0.2) is 43.5 Å². The van der Waals surface area contributed by atoms with E-state index in [1.807, 2.05) is 6.08 Å². The molecule has 1 heteroatoms. The van der Waals surface area contributed by atoms with Gasteiger partial charge in [-0.05, 0) is 29.0 Å². The first-order valence-corrected chi connectivity index (χ1v) is 6.79. The lowest BCUT2D eigenvalue weighted by Gasteiger charge is -2.17. The van der Waals surface area contributed by atoms with Crippen molar-refractivity contribution in [3.05, 3.63) is 54.6 Å². The van der Waals surface area contributed by atoms with Crippen LogP contribution in [0.5, 0.6) is 0 Å². The summed E-state index contributed by atoms with van der Waals surface area (Å²) in [6, 6.07) is 8.54. The smallest absolute Gasteiger partial charge is 0.0214 e. The van der Waals surface area contributed by atoms with Gasteiger partial charge >= 0.3 is 0 Å². The second kappa shape index (κ2) is 7.88. The first kappa shape index (κ1) is 14.7. The average molecular weight is 243 g/mol. The van der Waals surface area contributed by atoms with Gasteiger partial charge in [-0.15, -0.1) is 6.58 Å². The lowest BCUT2D eigenvalue weighted by molar-refractivity contribution is 0.649. The molecule has 0 saturated heterocycles. The fraction of sp³-hybridized carbons (Fsp3) is 0.412. The zero-order valence-corrected chi connectivity index (χ0v) is 11.7. The normalized spacial score (nSPS) is 12.1. The van der Waals surface area contributed by atoms with Crippen LogP contribution in [0.3, 0.4) is 0 Å². The van der Waals surface area contributed by atoms with Crippen LogP contribution in [0, 0.1) is 5.92 Å². The zero-order valence-electron chi connectivity index (χ0n) is 11.7. The van der Waals surface area contributed by atoms with E-state index in [1.165, 1.54) is 29.5 Å². The van der Waals surface area contributed by atoms with Crippen molar-refractivity contribution in [3.63, 3.8) is 0 Å². The van der Waals surface area contributed by atoms with Gasteiger partial charge in [-0.2, -0.15) is 0 Å². The first-order valence-electron chi connectivity index (χ1n) is 6.79. The summed E-state index contributed by atoms with van der Waals surface area (Å²) in [7, 11) is 0. The number of allylic oxidation sites excluding steroid dienone is 1. The number of benzene rings is 1. The van der Waals surface area contributed by atoms with Gasteiger partial charge in [-0.1, -0.05) is 57.2 Å². The molecule has 0 spiro atoms. The maximum absolute atomic E-state index is 4.28. The molecule has 0 aliphatic heterocycles. The second-order valence-electron chi connectivity index (χ2n) is 4.79. The van der Waals surface area contributed by atoms with Crippen LogP contribution in [0.1, 0.15) is 37.8 Å². The summed E-state index contributed by atoms with van der Waals surface area (Å²) in [6.45, 7) is 14.2. The van der Waals surface area contributed by atoms with Crippen LogP contribution in [-0.4, -0.2) is 6.54 Å². The van der Waals surface area contributed by atoms with E-state index in [0.29, 0.717) is 5.92 Å². The molecule has 0 fully saturated rings. The molecule has 1 aromatic carbocycles. The molecule has 0 radical (unpaired) electrons. The minimum absolute atomic E-state index is 0.551. The summed E-state index contributed by atoms with van der Waals surface area (Å²) in [4.78, 5) is 0. The van der Waals surface area contributed by atoms with Crippen molar-refractivity contribution in [1.82, 2.24) is 5.32 Å². The number of hydrogen-bond acceptors (Lipinski definition) is 1. The molecule has 18 heavy (non-hydrogen) atoms. The van der Waals surface area contributed by atoms with Crippen molar-refractivity contribution in [3.8, 4) is 0 Å². The van der Waals surface area contributed by atoms with Gasteiger partial charge in [0.25, 0.3) is 0 Å². The zero-order chi connectivity index (χ0) is 13.4. The molecule has 0 aromatic heterocycles. The second-order valence-corrected chi connectivity index (χ2v) is 4.79. The van der Waals surface area contributed by atoms with Crippen molar-refractivity contribution in [2.45, 2.75) is 33.2 Å². The Balaban J connectivity index is 2.80.